The first-order valence-electron chi connectivity index (χ1n) is 14.5. The minimum atomic E-state index is -4.33. The van der Waals surface area contributed by atoms with Gasteiger partial charge in [0, 0.05) is 35.7 Å². The van der Waals surface area contributed by atoms with Crippen LogP contribution in [0.2, 0.25) is 5.02 Å². The molecular formula is C34H35ClN4O6S. The lowest BCUT2D eigenvalue weighted by molar-refractivity contribution is -0.384. The minimum absolute atomic E-state index is 0.0233. The molecule has 0 bridgehead atoms. The average molecular weight is 663 g/mol. The summed E-state index contributed by atoms with van der Waals surface area (Å²) in [5.74, 6) is -1.07. The number of rotatable bonds is 12. The first kappa shape index (κ1) is 34.1. The van der Waals surface area contributed by atoms with Gasteiger partial charge in [0.1, 0.15) is 12.6 Å². The molecule has 1 atom stereocenters. The second-order valence-electron chi connectivity index (χ2n) is 11.7. The summed E-state index contributed by atoms with van der Waals surface area (Å²) >= 11 is 6.12. The molecule has 0 saturated carbocycles. The molecule has 4 aromatic carbocycles. The van der Waals surface area contributed by atoms with Crippen LogP contribution in [-0.2, 0) is 32.6 Å². The number of nitrogens with one attached hydrogen (secondary N) is 1. The molecular weight excluding hydrogens is 628 g/mol. The van der Waals surface area contributed by atoms with Crippen molar-refractivity contribution in [1.29, 1.82) is 0 Å². The predicted octanol–water partition coefficient (Wildman–Crippen LogP) is 6.00. The summed E-state index contributed by atoms with van der Waals surface area (Å²) in [5.41, 5.74) is 0.663. The third-order valence-electron chi connectivity index (χ3n) is 6.99. The number of benzene rings is 4. The summed E-state index contributed by atoms with van der Waals surface area (Å²) in [6.07, 6.45) is 0.158. The number of halogens is 1. The molecule has 12 heteroatoms. The second kappa shape index (κ2) is 14.6. The van der Waals surface area contributed by atoms with Crippen molar-refractivity contribution < 1.29 is 22.9 Å². The Morgan fingerprint density at radius 1 is 0.848 bits per heavy atom. The van der Waals surface area contributed by atoms with Crippen molar-refractivity contribution in [2.45, 2.75) is 50.2 Å². The first-order chi connectivity index (χ1) is 21.7. The van der Waals surface area contributed by atoms with Crippen LogP contribution in [0.15, 0.2) is 114 Å². The van der Waals surface area contributed by atoms with Crippen molar-refractivity contribution in [2.75, 3.05) is 10.8 Å². The number of anilines is 1. The molecule has 1 N–H and O–H groups in total. The fraction of sp³-hybridized carbons (Fsp3) is 0.235. The smallest absolute Gasteiger partial charge is 0.269 e. The van der Waals surface area contributed by atoms with Crippen LogP contribution < -0.4 is 9.62 Å². The number of nitro groups is 1. The molecule has 0 spiro atoms. The largest absolute Gasteiger partial charge is 0.350 e. The zero-order valence-corrected chi connectivity index (χ0v) is 27.2. The zero-order chi connectivity index (χ0) is 33.5. The molecule has 46 heavy (non-hydrogen) atoms. The van der Waals surface area contributed by atoms with Crippen LogP contribution >= 0.6 is 11.6 Å². The van der Waals surface area contributed by atoms with Crippen LogP contribution in [0, 0.1) is 10.1 Å². The number of non-ortho nitro benzene ring substituents is 1. The van der Waals surface area contributed by atoms with E-state index in [1.807, 2.05) is 51.1 Å². The van der Waals surface area contributed by atoms with Gasteiger partial charge in [-0.15, -0.1) is 0 Å². The van der Waals surface area contributed by atoms with Gasteiger partial charge in [-0.1, -0.05) is 72.3 Å². The van der Waals surface area contributed by atoms with Gasteiger partial charge in [0.05, 0.1) is 15.5 Å². The van der Waals surface area contributed by atoms with Gasteiger partial charge in [0.15, 0.2) is 0 Å². The van der Waals surface area contributed by atoms with E-state index in [1.54, 1.807) is 42.5 Å². The number of amides is 2. The second-order valence-corrected chi connectivity index (χ2v) is 14.0. The Bertz CT molecular complexity index is 1760. The zero-order valence-electron chi connectivity index (χ0n) is 25.7. The summed E-state index contributed by atoms with van der Waals surface area (Å²) < 4.78 is 28.9. The molecule has 0 unspecified atom stereocenters. The summed E-state index contributed by atoms with van der Waals surface area (Å²) in [4.78, 5) is 40.4. The molecule has 0 aromatic heterocycles. The number of hydrogen-bond donors (Lipinski definition) is 1. The van der Waals surface area contributed by atoms with E-state index in [0.717, 1.165) is 9.87 Å². The number of sulfonamides is 1. The summed E-state index contributed by atoms with van der Waals surface area (Å²) in [6.45, 7) is 4.79. The molecule has 4 rings (SSSR count). The van der Waals surface area contributed by atoms with Crippen molar-refractivity contribution in [3.05, 3.63) is 135 Å². The Morgan fingerprint density at radius 2 is 1.41 bits per heavy atom. The molecule has 240 valence electrons. The van der Waals surface area contributed by atoms with E-state index in [0.29, 0.717) is 10.6 Å². The highest BCUT2D eigenvalue weighted by Gasteiger charge is 2.35. The topological polar surface area (TPSA) is 130 Å². The normalized spacial score (nSPS) is 12.2. The van der Waals surface area contributed by atoms with Gasteiger partial charge in [-0.05, 0) is 68.3 Å². The van der Waals surface area contributed by atoms with Crippen LogP contribution in [0.3, 0.4) is 0 Å². The number of carbonyl (C=O) groups excluding carboxylic acids is 2. The van der Waals surface area contributed by atoms with Gasteiger partial charge < -0.3 is 10.2 Å². The van der Waals surface area contributed by atoms with Gasteiger partial charge >= 0.3 is 0 Å². The maximum Gasteiger partial charge on any atom is 0.269 e. The Morgan fingerprint density at radius 3 is 1.96 bits per heavy atom. The SMILES string of the molecule is CC(C)(C)NC(=O)[C@H](Cc1ccccc1)N(Cc1ccc(Cl)cc1)C(=O)CN(c1ccc([N+](=O)[O-])cc1)S(=O)(=O)c1ccccc1. The number of carbonyl (C=O) groups is 2. The van der Waals surface area contributed by atoms with E-state index in [1.165, 1.54) is 41.3 Å². The molecule has 0 aliphatic carbocycles. The standard InChI is InChI=1S/C34H35ClN4O6S/c1-34(2,3)36-33(41)31(22-25-10-6-4-7-11-25)37(23-26-14-16-27(35)17-15-26)32(40)24-38(28-18-20-29(21-19-28)39(42)43)46(44,45)30-12-8-5-9-13-30/h4-21,31H,22-24H2,1-3H3,(H,36,41)/t31-/m0/s1. The van der Waals surface area contributed by atoms with Crippen molar-refractivity contribution in [3.63, 3.8) is 0 Å². The van der Waals surface area contributed by atoms with Crippen LogP contribution in [0.1, 0.15) is 31.9 Å². The van der Waals surface area contributed by atoms with Crippen LogP contribution in [0.4, 0.5) is 11.4 Å². The van der Waals surface area contributed by atoms with Crippen molar-refractivity contribution in [2.24, 2.45) is 0 Å². The van der Waals surface area contributed by atoms with Gasteiger partial charge in [0.2, 0.25) is 11.8 Å². The third-order valence-corrected chi connectivity index (χ3v) is 9.03. The highest BCUT2D eigenvalue weighted by molar-refractivity contribution is 7.92. The van der Waals surface area contributed by atoms with Crippen LogP contribution in [-0.4, -0.2) is 48.2 Å². The lowest BCUT2D eigenvalue weighted by Gasteiger charge is -2.35. The third kappa shape index (κ3) is 8.92. The van der Waals surface area contributed by atoms with E-state index >= 15 is 0 Å². The molecule has 2 amide bonds. The molecule has 10 nitrogen and oxygen atoms in total. The molecule has 0 radical (unpaired) electrons. The lowest BCUT2D eigenvalue weighted by Crippen LogP contribution is -2.56. The van der Waals surface area contributed by atoms with E-state index < -0.39 is 44.9 Å². The Kier molecular flexibility index (Phi) is 10.8. The summed E-state index contributed by atoms with van der Waals surface area (Å²) in [5, 5.41) is 14.8. The fourth-order valence-electron chi connectivity index (χ4n) is 4.78. The van der Waals surface area contributed by atoms with E-state index in [2.05, 4.69) is 5.32 Å². The molecule has 0 saturated heterocycles. The molecule has 0 fully saturated rings. The minimum Gasteiger partial charge on any atom is -0.350 e. The maximum atomic E-state index is 14.5. The quantitative estimate of drug-likeness (QED) is 0.146. The van der Waals surface area contributed by atoms with Crippen molar-refractivity contribution >= 4 is 44.8 Å². The van der Waals surface area contributed by atoms with Crippen LogP contribution in [0.25, 0.3) is 0 Å². The average Bonchev–Trinajstić information content (AvgIpc) is 3.02. The Hall–Kier alpha value is -4.74. The maximum absolute atomic E-state index is 14.5. The monoisotopic (exact) mass is 662 g/mol. The number of nitro benzene ring substituents is 1. The van der Waals surface area contributed by atoms with Crippen molar-refractivity contribution in [3.8, 4) is 0 Å². The van der Waals surface area contributed by atoms with Crippen molar-refractivity contribution in [1.82, 2.24) is 10.2 Å². The molecule has 4 aromatic rings. The summed E-state index contributed by atoms with van der Waals surface area (Å²) in [6, 6.07) is 27.5. The van der Waals surface area contributed by atoms with Gasteiger partial charge in [-0.25, -0.2) is 8.42 Å². The van der Waals surface area contributed by atoms with Crippen LogP contribution in [0.5, 0.6) is 0 Å². The number of hydrogen-bond acceptors (Lipinski definition) is 6. The molecule has 0 heterocycles. The van der Waals surface area contributed by atoms with E-state index in [4.69, 9.17) is 11.6 Å². The van der Waals surface area contributed by atoms with Gasteiger partial charge in [0.25, 0.3) is 15.7 Å². The van der Waals surface area contributed by atoms with E-state index in [9.17, 15) is 28.1 Å². The molecule has 0 aliphatic heterocycles. The summed E-state index contributed by atoms with van der Waals surface area (Å²) in [7, 11) is -4.33. The first-order valence-corrected chi connectivity index (χ1v) is 16.3. The molecule has 0 aliphatic rings. The highest BCUT2D eigenvalue weighted by Crippen LogP contribution is 2.27. The van der Waals surface area contributed by atoms with E-state index in [-0.39, 0.29) is 29.2 Å². The predicted molar refractivity (Wildman–Crippen MR) is 178 cm³/mol. The highest BCUT2D eigenvalue weighted by atomic mass is 35.5. The lowest BCUT2D eigenvalue weighted by atomic mass is 10.0. The van der Waals surface area contributed by atoms with Gasteiger partial charge in [-0.2, -0.15) is 0 Å². The number of nitrogens with zero attached hydrogens (tertiary/aromatic N) is 3. The van der Waals surface area contributed by atoms with Gasteiger partial charge in [-0.3, -0.25) is 24.0 Å². The Balaban J connectivity index is 1.82. The Labute approximate surface area is 273 Å². The fourth-order valence-corrected chi connectivity index (χ4v) is 6.34.